The third-order valence-electron chi connectivity index (χ3n) is 4.01. The minimum Gasteiger partial charge on any atom is -0.377 e. The molecule has 1 aliphatic heterocycles. The maximum absolute atomic E-state index is 12.1. The Morgan fingerprint density at radius 2 is 2.21 bits per heavy atom. The largest absolute Gasteiger partial charge is 0.377 e. The number of carbonyl (C=O) groups is 1. The molecule has 0 bridgehead atoms. The summed E-state index contributed by atoms with van der Waals surface area (Å²) >= 11 is 0. The van der Waals surface area contributed by atoms with Crippen LogP contribution in [0.2, 0.25) is 0 Å². The second-order valence-electron chi connectivity index (χ2n) is 5.46. The van der Waals surface area contributed by atoms with E-state index in [-0.39, 0.29) is 6.10 Å². The number of rotatable bonds is 8. The van der Waals surface area contributed by atoms with Gasteiger partial charge in [0.15, 0.2) is 0 Å². The number of nitrogens with zero attached hydrogens (tertiary/aromatic N) is 1. The minimum atomic E-state index is 0.0903. The van der Waals surface area contributed by atoms with Crippen molar-refractivity contribution in [1.29, 1.82) is 0 Å². The van der Waals surface area contributed by atoms with Gasteiger partial charge in [-0.05, 0) is 32.1 Å². The summed E-state index contributed by atoms with van der Waals surface area (Å²) in [7, 11) is 0. The maximum Gasteiger partial charge on any atom is 0.222 e. The molecule has 0 aromatic rings. The zero-order valence-corrected chi connectivity index (χ0v) is 12.6. The monoisotopic (exact) mass is 270 g/mol. The number of hydrogen-bond donors (Lipinski definition) is 1. The molecule has 1 saturated heterocycles. The maximum atomic E-state index is 12.1. The van der Waals surface area contributed by atoms with Crippen LogP contribution in [0.1, 0.15) is 52.4 Å². The smallest absolute Gasteiger partial charge is 0.222 e. The van der Waals surface area contributed by atoms with Gasteiger partial charge >= 0.3 is 0 Å². The van der Waals surface area contributed by atoms with Crippen molar-refractivity contribution in [3.05, 3.63) is 0 Å². The van der Waals surface area contributed by atoms with E-state index in [2.05, 4.69) is 6.92 Å². The summed E-state index contributed by atoms with van der Waals surface area (Å²) in [5.74, 6) is 1.04. The fourth-order valence-electron chi connectivity index (χ4n) is 2.83. The molecule has 2 unspecified atom stereocenters. The first-order valence-corrected chi connectivity index (χ1v) is 7.80. The van der Waals surface area contributed by atoms with Crippen LogP contribution in [-0.4, -0.2) is 43.2 Å². The van der Waals surface area contributed by atoms with Gasteiger partial charge in [-0.1, -0.05) is 19.8 Å². The first kappa shape index (κ1) is 16.4. The second-order valence-corrected chi connectivity index (χ2v) is 5.46. The van der Waals surface area contributed by atoms with Crippen molar-refractivity contribution in [2.75, 3.05) is 26.2 Å². The number of nitrogens with two attached hydrogens (primary N) is 1. The molecule has 2 atom stereocenters. The van der Waals surface area contributed by atoms with E-state index in [4.69, 9.17) is 10.5 Å². The van der Waals surface area contributed by atoms with Crippen molar-refractivity contribution in [3.8, 4) is 0 Å². The van der Waals surface area contributed by atoms with Gasteiger partial charge in [-0.25, -0.2) is 0 Å². The zero-order valence-electron chi connectivity index (χ0n) is 12.6. The van der Waals surface area contributed by atoms with Crippen LogP contribution in [0.5, 0.6) is 0 Å². The normalized spacial score (nSPS) is 22.4. The van der Waals surface area contributed by atoms with Crippen LogP contribution in [0.4, 0.5) is 0 Å². The number of carbonyl (C=O) groups excluding carboxylic acids is 1. The van der Waals surface area contributed by atoms with Crippen LogP contribution in [0, 0.1) is 5.92 Å². The third-order valence-corrected chi connectivity index (χ3v) is 4.01. The van der Waals surface area contributed by atoms with E-state index in [1.165, 1.54) is 12.8 Å². The van der Waals surface area contributed by atoms with Gasteiger partial charge in [0.1, 0.15) is 0 Å². The van der Waals surface area contributed by atoms with Gasteiger partial charge in [0.2, 0.25) is 5.91 Å². The van der Waals surface area contributed by atoms with Crippen LogP contribution in [0.25, 0.3) is 0 Å². The third kappa shape index (κ3) is 5.91. The van der Waals surface area contributed by atoms with Crippen molar-refractivity contribution in [1.82, 2.24) is 4.90 Å². The molecule has 1 heterocycles. The lowest BCUT2D eigenvalue weighted by Crippen LogP contribution is -2.35. The molecule has 1 amide bonds. The summed E-state index contributed by atoms with van der Waals surface area (Å²) in [6, 6.07) is 0. The van der Waals surface area contributed by atoms with Crippen molar-refractivity contribution in [3.63, 3.8) is 0 Å². The summed E-state index contributed by atoms with van der Waals surface area (Å²) in [5.41, 5.74) is 5.67. The Morgan fingerprint density at radius 1 is 1.42 bits per heavy atom. The molecule has 0 aromatic heterocycles. The van der Waals surface area contributed by atoms with Crippen LogP contribution in [-0.2, 0) is 9.53 Å². The summed E-state index contributed by atoms with van der Waals surface area (Å²) < 4.78 is 5.55. The number of hydrogen-bond acceptors (Lipinski definition) is 3. The fraction of sp³-hybridized carbons (Fsp3) is 0.933. The second kappa shape index (κ2) is 9.32. The van der Waals surface area contributed by atoms with Gasteiger partial charge in [-0.15, -0.1) is 0 Å². The summed E-state index contributed by atoms with van der Waals surface area (Å²) in [6.45, 7) is 7.13. The van der Waals surface area contributed by atoms with Gasteiger partial charge in [0.05, 0.1) is 6.10 Å². The average molecular weight is 270 g/mol. The molecule has 2 N–H and O–H groups in total. The summed E-state index contributed by atoms with van der Waals surface area (Å²) in [4.78, 5) is 14.1. The molecule has 4 heteroatoms. The minimum absolute atomic E-state index is 0.0903. The lowest BCUT2D eigenvalue weighted by atomic mass is 9.96. The SMILES string of the molecule is CCCC1CCC(=O)N(CCC(CN)OCC)CC1. The van der Waals surface area contributed by atoms with Crippen molar-refractivity contribution < 1.29 is 9.53 Å². The van der Waals surface area contributed by atoms with E-state index in [0.29, 0.717) is 25.5 Å². The van der Waals surface area contributed by atoms with Crippen molar-refractivity contribution in [2.24, 2.45) is 11.7 Å². The van der Waals surface area contributed by atoms with Crippen LogP contribution >= 0.6 is 0 Å². The molecular weight excluding hydrogens is 240 g/mol. The first-order valence-electron chi connectivity index (χ1n) is 7.80. The quantitative estimate of drug-likeness (QED) is 0.735. The Kier molecular flexibility index (Phi) is 8.07. The topological polar surface area (TPSA) is 55.6 Å². The lowest BCUT2D eigenvalue weighted by molar-refractivity contribution is -0.131. The highest BCUT2D eigenvalue weighted by Gasteiger charge is 2.22. The molecule has 1 fully saturated rings. The van der Waals surface area contributed by atoms with E-state index in [1.54, 1.807) is 0 Å². The highest BCUT2D eigenvalue weighted by molar-refractivity contribution is 5.76. The van der Waals surface area contributed by atoms with E-state index in [1.807, 2.05) is 11.8 Å². The van der Waals surface area contributed by atoms with E-state index in [0.717, 1.165) is 38.3 Å². The van der Waals surface area contributed by atoms with E-state index in [9.17, 15) is 4.79 Å². The molecule has 0 radical (unpaired) electrons. The highest BCUT2D eigenvalue weighted by Crippen LogP contribution is 2.22. The van der Waals surface area contributed by atoms with Crippen molar-refractivity contribution in [2.45, 2.75) is 58.5 Å². The molecule has 4 nitrogen and oxygen atoms in total. The molecule has 0 aromatic carbocycles. The molecule has 0 spiro atoms. The van der Waals surface area contributed by atoms with Crippen molar-refractivity contribution >= 4 is 5.91 Å². The average Bonchev–Trinajstić information content (AvgIpc) is 2.58. The van der Waals surface area contributed by atoms with Crippen LogP contribution < -0.4 is 5.73 Å². The Bertz CT molecular complexity index is 259. The Morgan fingerprint density at radius 3 is 2.84 bits per heavy atom. The van der Waals surface area contributed by atoms with Crippen LogP contribution in [0.15, 0.2) is 0 Å². The van der Waals surface area contributed by atoms with E-state index >= 15 is 0 Å². The predicted molar refractivity (Wildman–Crippen MR) is 77.9 cm³/mol. The van der Waals surface area contributed by atoms with Gasteiger partial charge in [0.25, 0.3) is 0 Å². The Hall–Kier alpha value is -0.610. The number of amides is 1. The van der Waals surface area contributed by atoms with Gasteiger partial charge in [-0.2, -0.15) is 0 Å². The fourth-order valence-corrected chi connectivity index (χ4v) is 2.83. The molecule has 0 aliphatic carbocycles. The molecule has 112 valence electrons. The molecular formula is C15H30N2O2. The molecule has 0 saturated carbocycles. The molecule has 1 aliphatic rings. The standard InChI is InChI=1S/C15H30N2O2/c1-3-5-13-6-7-15(18)17(10-8-13)11-9-14(12-16)19-4-2/h13-14H,3-12,16H2,1-2H3. The highest BCUT2D eigenvalue weighted by atomic mass is 16.5. The lowest BCUT2D eigenvalue weighted by Gasteiger charge is -2.23. The Balaban J connectivity index is 2.37. The summed E-state index contributed by atoms with van der Waals surface area (Å²) in [5, 5.41) is 0. The zero-order chi connectivity index (χ0) is 14.1. The first-order chi connectivity index (χ1) is 9.21. The summed E-state index contributed by atoms with van der Waals surface area (Å²) in [6.07, 6.45) is 6.36. The predicted octanol–water partition coefficient (Wildman–Crippen LogP) is 2.17. The van der Waals surface area contributed by atoms with Gasteiger partial charge in [0, 0.05) is 32.7 Å². The molecule has 19 heavy (non-hydrogen) atoms. The number of ether oxygens (including phenoxy) is 1. The van der Waals surface area contributed by atoms with Gasteiger partial charge in [-0.3, -0.25) is 4.79 Å². The molecule has 1 rings (SSSR count). The van der Waals surface area contributed by atoms with E-state index < -0.39 is 0 Å². The number of likely N-dealkylation sites (tertiary alicyclic amines) is 1. The van der Waals surface area contributed by atoms with Gasteiger partial charge < -0.3 is 15.4 Å². The Labute approximate surface area is 117 Å². The van der Waals surface area contributed by atoms with Crippen LogP contribution in [0.3, 0.4) is 0 Å².